The molecule has 2 heteroatoms. The highest BCUT2D eigenvalue weighted by atomic mass is 14.8. The average Bonchev–Trinajstić information content (AvgIpc) is 2.19. The molecule has 2 nitrogen and oxygen atoms in total. The van der Waals surface area contributed by atoms with Gasteiger partial charge in [0.1, 0.15) is 0 Å². The Bertz CT molecular complexity index is 265. The lowest BCUT2D eigenvalue weighted by molar-refractivity contribution is 0.850. The van der Waals surface area contributed by atoms with Crippen LogP contribution in [0.5, 0.6) is 0 Å². The molecule has 0 bridgehead atoms. The van der Waals surface area contributed by atoms with E-state index in [0.717, 1.165) is 18.7 Å². The van der Waals surface area contributed by atoms with Gasteiger partial charge in [-0.3, -0.25) is 4.98 Å². The van der Waals surface area contributed by atoms with E-state index in [1.54, 1.807) is 0 Å². The number of nitrogens with zero attached hydrogens (tertiary/aromatic N) is 1. The van der Waals surface area contributed by atoms with Gasteiger partial charge in [0.25, 0.3) is 0 Å². The molecule has 70 valence electrons. The predicted octanol–water partition coefficient (Wildman–Crippen LogP) is 2.09. The summed E-state index contributed by atoms with van der Waals surface area (Å²) in [5.74, 6) is 0. The summed E-state index contributed by atoms with van der Waals surface area (Å²) in [6.45, 7) is 3.10. The van der Waals surface area contributed by atoms with Crippen LogP contribution < -0.4 is 5.32 Å². The molecular weight excluding hydrogens is 160 g/mol. The van der Waals surface area contributed by atoms with Crippen LogP contribution in [0.15, 0.2) is 30.0 Å². The van der Waals surface area contributed by atoms with Gasteiger partial charge in [0.15, 0.2) is 0 Å². The first-order chi connectivity index (χ1) is 6.36. The molecule has 0 fully saturated rings. The van der Waals surface area contributed by atoms with Crippen molar-refractivity contribution < 1.29 is 0 Å². The van der Waals surface area contributed by atoms with Gasteiger partial charge in [0.05, 0.1) is 5.69 Å². The summed E-state index contributed by atoms with van der Waals surface area (Å²) in [6.07, 6.45) is 5.02. The van der Waals surface area contributed by atoms with E-state index in [0.29, 0.717) is 0 Å². The Balaban J connectivity index is 2.73. The molecule has 1 N–H and O–H groups in total. The van der Waals surface area contributed by atoms with Gasteiger partial charge in [-0.2, -0.15) is 0 Å². The number of aromatic nitrogens is 1. The van der Waals surface area contributed by atoms with Crippen LogP contribution in [-0.2, 0) is 0 Å². The Labute approximate surface area is 79.7 Å². The standard InChI is InChI=1S/C11H16N2/c1-3-10(9-12-2)8-11-6-4-5-7-13-11/h4-8,12H,3,9H2,1-2H3. The summed E-state index contributed by atoms with van der Waals surface area (Å²) < 4.78 is 0. The second-order valence-electron chi connectivity index (χ2n) is 2.94. The van der Waals surface area contributed by atoms with Gasteiger partial charge in [-0.25, -0.2) is 0 Å². The molecule has 1 rings (SSSR count). The van der Waals surface area contributed by atoms with Gasteiger partial charge in [0, 0.05) is 12.7 Å². The van der Waals surface area contributed by atoms with Crippen LogP contribution in [0.1, 0.15) is 19.0 Å². The van der Waals surface area contributed by atoms with Crippen molar-refractivity contribution in [1.29, 1.82) is 0 Å². The number of likely N-dealkylation sites (N-methyl/N-ethyl adjacent to an activating group) is 1. The maximum Gasteiger partial charge on any atom is 0.0629 e. The highest BCUT2D eigenvalue weighted by Gasteiger charge is 1.93. The molecule has 1 heterocycles. The van der Waals surface area contributed by atoms with Crippen LogP contribution in [0.4, 0.5) is 0 Å². The third-order valence-corrected chi connectivity index (χ3v) is 1.90. The van der Waals surface area contributed by atoms with E-state index < -0.39 is 0 Å². The van der Waals surface area contributed by atoms with E-state index in [1.165, 1.54) is 5.57 Å². The summed E-state index contributed by atoms with van der Waals surface area (Å²) in [6, 6.07) is 5.96. The van der Waals surface area contributed by atoms with E-state index in [2.05, 4.69) is 23.3 Å². The Morgan fingerprint density at radius 1 is 1.54 bits per heavy atom. The fraction of sp³-hybridized carbons (Fsp3) is 0.364. The Hall–Kier alpha value is -1.15. The summed E-state index contributed by atoms with van der Waals surface area (Å²) in [4.78, 5) is 4.24. The number of pyridine rings is 1. The summed E-state index contributed by atoms with van der Waals surface area (Å²) in [5, 5.41) is 3.14. The largest absolute Gasteiger partial charge is 0.316 e. The molecule has 0 aromatic carbocycles. The van der Waals surface area contributed by atoms with Gasteiger partial charge in [-0.05, 0) is 31.7 Å². The van der Waals surface area contributed by atoms with Crippen molar-refractivity contribution in [2.24, 2.45) is 0 Å². The Kier molecular flexibility index (Phi) is 4.19. The van der Waals surface area contributed by atoms with Crippen LogP contribution in [0.25, 0.3) is 6.08 Å². The third-order valence-electron chi connectivity index (χ3n) is 1.90. The molecule has 0 atom stereocenters. The Morgan fingerprint density at radius 3 is 2.92 bits per heavy atom. The minimum atomic E-state index is 0.938. The average molecular weight is 176 g/mol. The first kappa shape index (κ1) is 9.93. The predicted molar refractivity (Wildman–Crippen MR) is 56.4 cm³/mol. The first-order valence-corrected chi connectivity index (χ1v) is 4.62. The van der Waals surface area contributed by atoms with E-state index in [4.69, 9.17) is 0 Å². The maximum atomic E-state index is 4.24. The van der Waals surface area contributed by atoms with Crippen LogP contribution in [0.3, 0.4) is 0 Å². The van der Waals surface area contributed by atoms with Crippen LogP contribution in [0.2, 0.25) is 0 Å². The molecule has 0 spiro atoms. The minimum absolute atomic E-state index is 0.938. The molecule has 0 amide bonds. The molecule has 0 saturated carbocycles. The molecular formula is C11H16N2. The smallest absolute Gasteiger partial charge is 0.0629 e. The van der Waals surface area contributed by atoms with E-state index in [-0.39, 0.29) is 0 Å². The summed E-state index contributed by atoms with van der Waals surface area (Å²) in [5.41, 5.74) is 2.41. The Morgan fingerprint density at radius 2 is 2.38 bits per heavy atom. The molecule has 0 unspecified atom stereocenters. The minimum Gasteiger partial charge on any atom is -0.316 e. The SMILES string of the molecule is CCC(=Cc1ccccn1)CNC. The lowest BCUT2D eigenvalue weighted by Crippen LogP contribution is -2.09. The van der Waals surface area contributed by atoms with Crippen molar-refractivity contribution in [2.45, 2.75) is 13.3 Å². The molecule has 1 aromatic heterocycles. The van der Waals surface area contributed by atoms with Crippen molar-refractivity contribution in [3.8, 4) is 0 Å². The van der Waals surface area contributed by atoms with Gasteiger partial charge in [-0.1, -0.05) is 18.6 Å². The normalized spacial score (nSPS) is 11.7. The van der Waals surface area contributed by atoms with Crippen molar-refractivity contribution in [3.05, 3.63) is 35.7 Å². The van der Waals surface area contributed by atoms with Crippen molar-refractivity contribution in [2.75, 3.05) is 13.6 Å². The lowest BCUT2D eigenvalue weighted by Gasteiger charge is -2.02. The van der Waals surface area contributed by atoms with Crippen molar-refractivity contribution >= 4 is 6.08 Å². The highest BCUT2D eigenvalue weighted by molar-refractivity contribution is 5.48. The summed E-state index contributed by atoms with van der Waals surface area (Å²) >= 11 is 0. The van der Waals surface area contributed by atoms with Crippen LogP contribution >= 0.6 is 0 Å². The second kappa shape index (κ2) is 5.49. The quantitative estimate of drug-likeness (QED) is 0.760. The van der Waals surface area contributed by atoms with Crippen molar-refractivity contribution in [3.63, 3.8) is 0 Å². The number of hydrogen-bond donors (Lipinski definition) is 1. The number of hydrogen-bond acceptors (Lipinski definition) is 2. The number of nitrogens with one attached hydrogen (secondary N) is 1. The van der Waals surface area contributed by atoms with Gasteiger partial charge >= 0.3 is 0 Å². The molecule has 1 aromatic rings. The first-order valence-electron chi connectivity index (χ1n) is 4.62. The third kappa shape index (κ3) is 3.38. The highest BCUT2D eigenvalue weighted by Crippen LogP contribution is 2.05. The fourth-order valence-electron chi connectivity index (χ4n) is 1.18. The molecule has 0 aliphatic carbocycles. The fourth-order valence-corrected chi connectivity index (χ4v) is 1.18. The molecule has 0 saturated heterocycles. The zero-order valence-electron chi connectivity index (χ0n) is 8.25. The zero-order chi connectivity index (χ0) is 9.52. The molecule has 0 radical (unpaired) electrons. The van der Waals surface area contributed by atoms with Crippen LogP contribution in [0, 0.1) is 0 Å². The lowest BCUT2D eigenvalue weighted by atomic mass is 10.1. The van der Waals surface area contributed by atoms with Gasteiger partial charge in [0.2, 0.25) is 0 Å². The molecule has 0 aliphatic rings. The van der Waals surface area contributed by atoms with Gasteiger partial charge < -0.3 is 5.32 Å². The zero-order valence-corrected chi connectivity index (χ0v) is 8.25. The van der Waals surface area contributed by atoms with E-state index >= 15 is 0 Å². The van der Waals surface area contributed by atoms with Crippen molar-refractivity contribution in [1.82, 2.24) is 10.3 Å². The monoisotopic (exact) mass is 176 g/mol. The van der Waals surface area contributed by atoms with E-state index in [9.17, 15) is 0 Å². The molecule has 13 heavy (non-hydrogen) atoms. The van der Waals surface area contributed by atoms with Crippen LogP contribution in [-0.4, -0.2) is 18.6 Å². The second-order valence-corrected chi connectivity index (χ2v) is 2.94. The number of rotatable bonds is 4. The van der Waals surface area contributed by atoms with E-state index in [1.807, 2.05) is 31.4 Å². The maximum absolute atomic E-state index is 4.24. The molecule has 0 aliphatic heterocycles. The summed E-state index contributed by atoms with van der Waals surface area (Å²) in [7, 11) is 1.96. The topological polar surface area (TPSA) is 24.9 Å². The van der Waals surface area contributed by atoms with Gasteiger partial charge in [-0.15, -0.1) is 0 Å².